The molecule has 0 radical (unpaired) electrons. The van der Waals surface area contributed by atoms with E-state index in [2.05, 4.69) is 36.0 Å². The van der Waals surface area contributed by atoms with Crippen molar-refractivity contribution < 1.29 is 14.3 Å². The standard InChI is InChI=1S/C27H23Cl2N9O4/c1-41-8-9-42-27(40)31-17-3-5-19(21(29)13-17)25-32-26(34-33-25)23-7-4-18-10-15(11-24(39)38(18)23)20-12-16(28)2-6-22(20)37-14-30-35-36-37/h2-3,5-6,10-14,23H,4,7-9H2,1H3,(H,31,40)(H,32,33,34)/t23-/m0/s1. The second-order valence-corrected chi connectivity index (χ2v) is 10.3. The van der Waals surface area contributed by atoms with E-state index in [4.69, 9.17) is 32.7 Å². The van der Waals surface area contributed by atoms with Gasteiger partial charge in [-0.05, 0) is 71.3 Å². The molecule has 214 valence electrons. The molecule has 1 aliphatic rings. The Balaban J connectivity index is 1.25. The van der Waals surface area contributed by atoms with Gasteiger partial charge in [-0.15, -0.1) is 5.10 Å². The topological polar surface area (TPSA) is 155 Å². The molecule has 1 amide bonds. The number of methoxy groups -OCH3 is 1. The number of aromatic nitrogens is 8. The van der Waals surface area contributed by atoms with Crippen LogP contribution in [0.25, 0.3) is 28.2 Å². The fourth-order valence-electron chi connectivity index (χ4n) is 4.91. The minimum atomic E-state index is -0.619. The van der Waals surface area contributed by atoms with Gasteiger partial charge in [-0.25, -0.2) is 9.78 Å². The Morgan fingerprint density at radius 1 is 1.12 bits per heavy atom. The predicted molar refractivity (Wildman–Crippen MR) is 154 cm³/mol. The number of rotatable bonds is 8. The second-order valence-electron chi connectivity index (χ2n) is 9.41. The number of anilines is 1. The summed E-state index contributed by atoms with van der Waals surface area (Å²) in [5.41, 5.74) is 3.83. The molecule has 0 fully saturated rings. The van der Waals surface area contributed by atoms with E-state index in [0.29, 0.717) is 63.6 Å². The molecule has 0 spiro atoms. The van der Waals surface area contributed by atoms with E-state index < -0.39 is 6.09 Å². The van der Waals surface area contributed by atoms with Gasteiger partial charge in [0.15, 0.2) is 5.82 Å². The van der Waals surface area contributed by atoms with Crippen molar-refractivity contribution in [1.29, 1.82) is 0 Å². The van der Waals surface area contributed by atoms with Gasteiger partial charge < -0.3 is 14.0 Å². The summed E-state index contributed by atoms with van der Waals surface area (Å²) in [7, 11) is 1.52. The summed E-state index contributed by atoms with van der Waals surface area (Å²) in [6, 6.07) is 13.5. The van der Waals surface area contributed by atoms with Gasteiger partial charge in [-0.3, -0.25) is 15.2 Å². The number of amides is 1. The van der Waals surface area contributed by atoms with Crippen molar-refractivity contribution in [3.8, 4) is 28.2 Å². The maximum atomic E-state index is 13.5. The number of hydrogen-bond donors (Lipinski definition) is 2. The lowest BCUT2D eigenvalue weighted by Gasteiger charge is -2.14. The van der Waals surface area contributed by atoms with Gasteiger partial charge in [0.2, 0.25) is 0 Å². The first-order valence-electron chi connectivity index (χ1n) is 12.8. The summed E-state index contributed by atoms with van der Waals surface area (Å²) in [5.74, 6) is 0.906. The summed E-state index contributed by atoms with van der Waals surface area (Å²) >= 11 is 12.8. The van der Waals surface area contributed by atoms with E-state index in [0.717, 1.165) is 11.3 Å². The number of fused-ring (bicyclic) bond motifs is 1. The zero-order valence-electron chi connectivity index (χ0n) is 22.1. The highest BCUT2D eigenvalue weighted by molar-refractivity contribution is 6.33. The monoisotopic (exact) mass is 607 g/mol. The minimum absolute atomic E-state index is 0.130. The number of carbonyl (C=O) groups excluding carboxylic acids is 1. The first-order valence-corrected chi connectivity index (χ1v) is 13.6. The summed E-state index contributed by atoms with van der Waals surface area (Å²) < 4.78 is 13.1. The van der Waals surface area contributed by atoms with Crippen molar-refractivity contribution in [3.63, 3.8) is 0 Å². The second kappa shape index (κ2) is 11.7. The zero-order valence-corrected chi connectivity index (χ0v) is 23.6. The molecule has 0 saturated heterocycles. The molecule has 0 bridgehead atoms. The summed E-state index contributed by atoms with van der Waals surface area (Å²) in [5, 5.41) is 22.2. The van der Waals surface area contributed by atoms with Crippen molar-refractivity contribution in [3.05, 3.63) is 86.8 Å². The molecule has 0 saturated carbocycles. The van der Waals surface area contributed by atoms with Crippen LogP contribution in [0.15, 0.2) is 59.7 Å². The number of aromatic amines is 1. The van der Waals surface area contributed by atoms with E-state index in [1.807, 2.05) is 6.07 Å². The Morgan fingerprint density at radius 3 is 2.79 bits per heavy atom. The number of nitrogens with one attached hydrogen (secondary N) is 2. The molecular weight excluding hydrogens is 585 g/mol. The first kappa shape index (κ1) is 27.6. The van der Waals surface area contributed by atoms with Crippen LogP contribution in [0.4, 0.5) is 10.5 Å². The van der Waals surface area contributed by atoms with E-state index in [1.165, 1.54) is 18.1 Å². The molecule has 15 heteroatoms. The average molecular weight is 608 g/mol. The molecule has 4 heterocycles. The first-order chi connectivity index (χ1) is 20.4. The molecule has 5 aromatic rings. The van der Waals surface area contributed by atoms with Crippen LogP contribution in [0, 0.1) is 0 Å². The third-order valence-electron chi connectivity index (χ3n) is 6.79. The summed E-state index contributed by atoms with van der Waals surface area (Å²) in [6.45, 7) is 0.426. The molecule has 2 N–H and O–H groups in total. The number of nitrogens with zero attached hydrogens (tertiary/aromatic N) is 7. The van der Waals surface area contributed by atoms with E-state index >= 15 is 0 Å². The minimum Gasteiger partial charge on any atom is -0.447 e. The maximum Gasteiger partial charge on any atom is 0.411 e. The smallest absolute Gasteiger partial charge is 0.411 e. The fraction of sp³-hybridized carbons (Fsp3) is 0.222. The van der Waals surface area contributed by atoms with Crippen molar-refractivity contribution in [2.45, 2.75) is 18.9 Å². The molecule has 2 aromatic carbocycles. The van der Waals surface area contributed by atoms with Gasteiger partial charge in [0, 0.05) is 40.7 Å². The number of H-pyrrole nitrogens is 1. The van der Waals surface area contributed by atoms with Crippen LogP contribution < -0.4 is 10.9 Å². The highest BCUT2D eigenvalue weighted by Crippen LogP contribution is 2.35. The van der Waals surface area contributed by atoms with E-state index in [9.17, 15) is 9.59 Å². The van der Waals surface area contributed by atoms with Gasteiger partial charge >= 0.3 is 6.09 Å². The number of benzene rings is 2. The van der Waals surface area contributed by atoms with Crippen LogP contribution in [0.1, 0.15) is 24.0 Å². The Kier molecular flexibility index (Phi) is 7.69. The molecule has 1 atom stereocenters. The molecule has 0 unspecified atom stereocenters. The number of hydrogen-bond acceptors (Lipinski definition) is 9. The lowest BCUT2D eigenvalue weighted by molar-refractivity contribution is 0.107. The summed E-state index contributed by atoms with van der Waals surface area (Å²) in [6.07, 6.45) is 2.18. The quantitative estimate of drug-likeness (QED) is 0.245. The Hall–Kier alpha value is -4.59. The normalized spacial score (nSPS) is 14.1. The van der Waals surface area contributed by atoms with Crippen LogP contribution in [0.2, 0.25) is 10.0 Å². The molecule has 3 aromatic heterocycles. The van der Waals surface area contributed by atoms with Crippen molar-refractivity contribution in [1.82, 2.24) is 40.0 Å². The lowest BCUT2D eigenvalue weighted by atomic mass is 10.0. The summed E-state index contributed by atoms with van der Waals surface area (Å²) in [4.78, 5) is 30.0. The highest BCUT2D eigenvalue weighted by Gasteiger charge is 2.29. The van der Waals surface area contributed by atoms with Crippen LogP contribution >= 0.6 is 23.2 Å². The van der Waals surface area contributed by atoms with E-state index in [-0.39, 0.29) is 18.2 Å². The van der Waals surface area contributed by atoms with Crippen LogP contribution in [0.5, 0.6) is 0 Å². The van der Waals surface area contributed by atoms with Gasteiger partial charge in [-0.1, -0.05) is 23.2 Å². The number of carbonyl (C=O) groups is 1. The third kappa shape index (κ3) is 5.49. The SMILES string of the molecule is COCCOC(=O)Nc1ccc(-c2n[nH]c([C@@H]3CCc4cc(-c5cc(Cl)ccc5-n5cnnn5)cc(=O)n43)n2)c(Cl)c1. The number of pyridine rings is 1. The van der Waals surface area contributed by atoms with Crippen LogP contribution in [-0.4, -0.2) is 66.4 Å². The van der Waals surface area contributed by atoms with Crippen molar-refractivity contribution in [2.75, 3.05) is 25.6 Å². The molecule has 13 nitrogen and oxygen atoms in total. The Labute approximate surface area is 248 Å². The molecule has 0 aliphatic carbocycles. The Bertz CT molecular complexity index is 1820. The van der Waals surface area contributed by atoms with Gasteiger partial charge in [0.05, 0.1) is 23.4 Å². The van der Waals surface area contributed by atoms with Crippen molar-refractivity contribution >= 4 is 35.0 Å². The zero-order chi connectivity index (χ0) is 29.2. The highest BCUT2D eigenvalue weighted by atomic mass is 35.5. The maximum absolute atomic E-state index is 13.5. The number of tetrazole rings is 1. The molecular formula is C27H23Cl2N9O4. The lowest BCUT2D eigenvalue weighted by Crippen LogP contribution is -2.24. The van der Waals surface area contributed by atoms with Crippen LogP contribution in [0.3, 0.4) is 0 Å². The molecule has 42 heavy (non-hydrogen) atoms. The predicted octanol–water partition coefficient (Wildman–Crippen LogP) is 4.31. The largest absolute Gasteiger partial charge is 0.447 e. The average Bonchev–Trinajstić information content (AvgIpc) is 3.74. The van der Waals surface area contributed by atoms with Crippen LogP contribution in [-0.2, 0) is 15.9 Å². The third-order valence-corrected chi connectivity index (χ3v) is 7.34. The van der Waals surface area contributed by atoms with Gasteiger partial charge in [0.1, 0.15) is 18.8 Å². The number of aryl methyl sites for hydroxylation is 1. The molecule has 1 aliphatic heterocycles. The van der Waals surface area contributed by atoms with E-state index in [1.54, 1.807) is 47.0 Å². The Morgan fingerprint density at radius 2 is 2.00 bits per heavy atom. The van der Waals surface area contributed by atoms with Crippen molar-refractivity contribution in [2.24, 2.45) is 0 Å². The van der Waals surface area contributed by atoms with Gasteiger partial charge in [-0.2, -0.15) is 9.78 Å². The molecule has 6 rings (SSSR count). The number of ether oxygens (including phenoxy) is 2. The number of halogens is 2. The van der Waals surface area contributed by atoms with Gasteiger partial charge in [0.25, 0.3) is 5.56 Å². The fourth-order valence-corrected chi connectivity index (χ4v) is 5.35.